The zero-order valence-electron chi connectivity index (χ0n) is 13.8. The Labute approximate surface area is 150 Å². The van der Waals surface area contributed by atoms with Gasteiger partial charge in [0.15, 0.2) is 5.76 Å². The molecule has 0 bridgehead atoms. The molecule has 0 aliphatic rings. The molecule has 0 amide bonds. The minimum atomic E-state index is -4.77. The number of hydrogen-bond donors (Lipinski definition) is 0. The molecule has 0 atom stereocenters. The number of alkyl halides is 3. The van der Waals surface area contributed by atoms with Crippen molar-refractivity contribution >= 4 is 11.5 Å². The minimum absolute atomic E-state index is 0.0780. The fourth-order valence-electron chi connectivity index (χ4n) is 2.51. The highest BCUT2D eigenvalue weighted by Gasteiger charge is 2.34. The van der Waals surface area contributed by atoms with Gasteiger partial charge in [0.1, 0.15) is 5.56 Å². The lowest BCUT2D eigenvalue weighted by Gasteiger charge is -2.08. The molecule has 6 nitrogen and oxygen atoms in total. The molecule has 1 aromatic heterocycles. The molecule has 3 aromatic rings. The summed E-state index contributed by atoms with van der Waals surface area (Å²) in [4.78, 5) is 23.0. The van der Waals surface area contributed by atoms with Gasteiger partial charge in [0.25, 0.3) is 5.69 Å². The normalized spacial score (nSPS) is 11.4. The SMILES string of the molecule is Cc1ccc(-c2oncc2C(=O)c2ccc(C(F)(F)F)cc2[N+](=O)[O-])cc1. The molecular weight excluding hydrogens is 365 g/mol. The molecule has 0 aliphatic carbocycles. The van der Waals surface area contributed by atoms with Gasteiger partial charge in [-0.3, -0.25) is 14.9 Å². The summed E-state index contributed by atoms with van der Waals surface area (Å²) in [6.07, 6.45) is -3.69. The van der Waals surface area contributed by atoms with E-state index >= 15 is 0 Å². The largest absolute Gasteiger partial charge is 0.416 e. The number of nitrogens with zero attached hydrogens (tertiary/aromatic N) is 2. The Kier molecular flexibility index (Phi) is 4.52. The van der Waals surface area contributed by atoms with Crippen LogP contribution < -0.4 is 0 Å². The summed E-state index contributed by atoms with van der Waals surface area (Å²) in [5, 5.41) is 14.8. The topological polar surface area (TPSA) is 86.2 Å². The maximum atomic E-state index is 12.8. The van der Waals surface area contributed by atoms with Crippen molar-refractivity contribution in [2.45, 2.75) is 13.1 Å². The number of carbonyl (C=O) groups excluding carboxylic acids is 1. The molecule has 0 saturated carbocycles. The number of benzene rings is 2. The second kappa shape index (κ2) is 6.67. The lowest BCUT2D eigenvalue weighted by molar-refractivity contribution is -0.385. The van der Waals surface area contributed by atoms with Gasteiger partial charge in [0.2, 0.25) is 5.78 Å². The van der Waals surface area contributed by atoms with E-state index in [4.69, 9.17) is 4.52 Å². The molecule has 0 saturated heterocycles. The number of carbonyl (C=O) groups is 1. The fraction of sp³-hybridized carbons (Fsp3) is 0.111. The van der Waals surface area contributed by atoms with Crippen molar-refractivity contribution < 1.29 is 27.4 Å². The van der Waals surface area contributed by atoms with E-state index in [9.17, 15) is 28.1 Å². The second-order valence-electron chi connectivity index (χ2n) is 5.75. The molecule has 0 N–H and O–H groups in total. The van der Waals surface area contributed by atoms with Crippen molar-refractivity contribution in [1.82, 2.24) is 5.16 Å². The van der Waals surface area contributed by atoms with Crippen LogP contribution in [0.25, 0.3) is 11.3 Å². The minimum Gasteiger partial charge on any atom is -0.356 e. The van der Waals surface area contributed by atoms with Crippen LogP contribution >= 0.6 is 0 Å². The van der Waals surface area contributed by atoms with Crippen molar-refractivity contribution in [3.63, 3.8) is 0 Å². The van der Waals surface area contributed by atoms with Crippen molar-refractivity contribution in [3.05, 3.63) is 81.0 Å². The van der Waals surface area contributed by atoms with Crippen molar-refractivity contribution in [3.8, 4) is 11.3 Å². The highest BCUT2D eigenvalue weighted by atomic mass is 19.4. The summed E-state index contributed by atoms with van der Waals surface area (Å²) < 4.78 is 43.6. The molecule has 0 fully saturated rings. The number of aryl methyl sites for hydroxylation is 1. The quantitative estimate of drug-likeness (QED) is 0.371. The van der Waals surface area contributed by atoms with Gasteiger partial charge in [-0.05, 0) is 19.1 Å². The molecular formula is C18H11F3N2O4. The van der Waals surface area contributed by atoms with Gasteiger partial charge in [-0.25, -0.2) is 0 Å². The van der Waals surface area contributed by atoms with E-state index in [1.165, 1.54) is 0 Å². The first kappa shape index (κ1) is 18.3. The summed E-state index contributed by atoms with van der Waals surface area (Å²) >= 11 is 0. The summed E-state index contributed by atoms with van der Waals surface area (Å²) in [5.74, 6) is -0.776. The van der Waals surface area contributed by atoms with E-state index < -0.39 is 33.7 Å². The Morgan fingerprint density at radius 3 is 2.37 bits per heavy atom. The molecule has 3 rings (SSSR count). The number of halogens is 3. The van der Waals surface area contributed by atoms with E-state index in [1.807, 2.05) is 6.92 Å². The van der Waals surface area contributed by atoms with Crippen molar-refractivity contribution in [2.24, 2.45) is 0 Å². The Morgan fingerprint density at radius 1 is 1.11 bits per heavy atom. The number of aromatic nitrogens is 1. The predicted octanol–water partition coefficient (Wildman–Crippen LogP) is 4.81. The Morgan fingerprint density at radius 2 is 1.78 bits per heavy atom. The van der Waals surface area contributed by atoms with Gasteiger partial charge < -0.3 is 4.52 Å². The lowest BCUT2D eigenvalue weighted by Crippen LogP contribution is -2.10. The van der Waals surface area contributed by atoms with Crippen molar-refractivity contribution in [2.75, 3.05) is 0 Å². The van der Waals surface area contributed by atoms with E-state index in [2.05, 4.69) is 5.16 Å². The van der Waals surface area contributed by atoms with E-state index in [0.29, 0.717) is 17.7 Å². The zero-order chi connectivity index (χ0) is 19.8. The maximum Gasteiger partial charge on any atom is 0.416 e. The van der Waals surface area contributed by atoms with Crippen LogP contribution in [0, 0.1) is 17.0 Å². The lowest BCUT2D eigenvalue weighted by atomic mass is 9.98. The molecule has 0 unspecified atom stereocenters. The molecule has 9 heteroatoms. The molecule has 0 spiro atoms. The third-order valence-corrected chi connectivity index (χ3v) is 3.90. The molecule has 2 aromatic carbocycles. The number of rotatable bonds is 4. The van der Waals surface area contributed by atoms with Crippen molar-refractivity contribution in [1.29, 1.82) is 0 Å². The van der Waals surface area contributed by atoms with Gasteiger partial charge in [-0.15, -0.1) is 0 Å². The number of ketones is 1. The third kappa shape index (κ3) is 3.57. The number of nitro groups is 1. The fourth-order valence-corrected chi connectivity index (χ4v) is 2.51. The van der Waals surface area contributed by atoms with Crippen LogP contribution in [-0.4, -0.2) is 15.9 Å². The molecule has 27 heavy (non-hydrogen) atoms. The van der Waals surface area contributed by atoms with Crippen LogP contribution in [0.2, 0.25) is 0 Å². The first-order valence-electron chi connectivity index (χ1n) is 7.60. The summed E-state index contributed by atoms with van der Waals surface area (Å²) in [6.45, 7) is 1.86. The van der Waals surface area contributed by atoms with Gasteiger partial charge in [0, 0.05) is 11.6 Å². The van der Waals surface area contributed by atoms with Crippen LogP contribution in [0.15, 0.2) is 53.2 Å². The average molecular weight is 376 g/mol. The van der Waals surface area contributed by atoms with Gasteiger partial charge >= 0.3 is 6.18 Å². The predicted molar refractivity (Wildman–Crippen MR) is 88.2 cm³/mol. The van der Waals surface area contributed by atoms with Gasteiger partial charge in [-0.1, -0.05) is 35.0 Å². The van der Waals surface area contributed by atoms with Gasteiger partial charge in [0.05, 0.1) is 22.2 Å². The van der Waals surface area contributed by atoms with Crippen LogP contribution in [-0.2, 0) is 6.18 Å². The standard InChI is InChI=1S/C18H11F3N2O4/c1-10-2-4-11(5-3-10)17-14(9-22-27-17)16(24)13-7-6-12(18(19,20)21)8-15(13)23(25)26/h2-9H,1H3. The molecule has 0 aliphatic heterocycles. The van der Waals surface area contributed by atoms with Crippen LogP contribution in [0.4, 0.5) is 18.9 Å². The monoisotopic (exact) mass is 376 g/mol. The second-order valence-corrected chi connectivity index (χ2v) is 5.75. The van der Waals surface area contributed by atoms with E-state index in [0.717, 1.165) is 17.8 Å². The highest BCUT2D eigenvalue weighted by molar-refractivity contribution is 6.14. The third-order valence-electron chi connectivity index (χ3n) is 3.90. The summed E-state index contributed by atoms with van der Waals surface area (Å²) in [7, 11) is 0. The zero-order valence-corrected chi connectivity index (χ0v) is 13.8. The van der Waals surface area contributed by atoms with Crippen LogP contribution in [0.3, 0.4) is 0 Å². The van der Waals surface area contributed by atoms with Crippen LogP contribution in [0.1, 0.15) is 27.0 Å². The summed E-state index contributed by atoms with van der Waals surface area (Å²) in [6, 6.07) is 8.64. The molecule has 0 radical (unpaired) electrons. The van der Waals surface area contributed by atoms with Gasteiger partial charge in [-0.2, -0.15) is 13.2 Å². The number of hydrogen-bond acceptors (Lipinski definition) is 5. The number of nitro benzene ring substituents is 1. The molecule has 1 heterocycles. The Bertz CT molecular complexity index is 1020. The molecule has 138 valence electrons. The Hall–Kier alpha value is -3.49. The van der Waals surface area contributed by atoms with E-state index in [-0.39, 0.29) is 11.3 Å². The highest BCUT2D eigenvalue weighted by Crippen LogP contribution is 2.35. The smallest absolute Gasteiger partial charge is 0.356 e. The maximum absolute atomic E-state index is 12.8. The van der Waals surface area contributed by atoms with Crippen LogP contribution in [0.5, 0.6) is 0 Å². The summed E-state index contributed by atoms with van der Waals surface area (Å²) in [5.41, 5.74) is -1.24. The van der Waals surface area contributed by atoms with E-state index in [1.54, 1.807) is 24.3 Å². The average Bonchev–Trinajstić information content (AvgIpc) is 3.10. The first-order chi connectivity index (χ1) is 12.7. The first-order valence-corrected chi connectivity index (χ1v) is 7.60. The Balaban J connectivity index is 2.09.